The minimum Gasteiger partial charge on any atom is -0.468 e. The third-order valence-corrected chi connectivity index (χ3v) is 6.65. The highest BCUT2D eigenvalue weighted by Gasteiger charge is 2.18. The van der Waals surface area contributed by atoms with Gasteiger partial charge in [0.25, 0.3) is 5.91 Å². The second kappa shape index (κ2) is 11.5. The highest BCUT2D eigenvalue weighted by Crippen LogP contribution is 2.19. The van der Waals surface area contributed by atoms with E-state index in [2.05, 4.69) is 10.0 Å². The van der Waals surface area contributed by atoms with Crippen molar-refractivity contribution in [2.24, 2.45) is 0 Å². The molecule has 0 unspecified atom stereocenters. The number of carbonyl (C=O) groups is 3. The normalized spacial score (nSPS) is 11.0. The van der Waals surface area contributed by atoms with E-state index in [1.54, 1.807) is 66.7 Å². The number of rotatable bonds is 10. The van der Waals surface area contributed by atoms with Gasteiger partial charge in [0.15, 0.2) is 12.4 Å². The van der Waals surface area contributed by atoms with Crippen LogP contribution in [0.2, 0.25) is 0 Å². The molecule has 9 nitrogen and oxygen atoms in total. The lowest BCUT2D eigenvalue weighted by molar-refractivity contribution is -0.119. The zero-order chi connectivity index (χ0) is 26.3. The van der Waals surface area contributed by atoms with E-state index >= 15 is 0 Å². The maximum absolute atomic E-state index is 12.8. The third kappa shape index (κ3) is 6.57. The SMILES string of the molecule is O=C(COC(=O)c1ccc(S(=O)(=O)NCc2ccco2)cc1)Nc1ccccc1C(=O)c1ccccc1. The molecule has 0 aliphatic rings. The zero-order valence-corrected chi connectivity index (χ0v) is 20.2. The van der Waals surface area contributed by atoms with Crippen LogP contribution in [0.3, 0.4) is 0 Å². The van der Waals surface area contributed by atoms with E-state index in [4.69, 9.17) is 9.15 Å². The second-order valence-electron chi connectivity index (χ2n) is 7.79. The number of sulfonamides is 1. The maximum Gasteiger partial charge on any atom is 0.338 e. The largest absolute Gasteiger partial charge is 0.468 e. The Morgan fingerprint density at radius 3 is 2.19 bits per heavy atom. The van der Waals surface area contributed by atoms with Crippen LogP contribution in [0.25, 0.3) is 0 Å². The standard InChI is InChI=1S/C27H22N2O7S/c30-25(29-24-11-5-4-10-23(24)26(31)19-7-2-1-3-8-19)18-36-27(32)20-12-14-22(15-13-20)37(33,34)28-17-21-9-6-16-35-21/h1-16,28H,17-18H2,(H,29,30). The summed E-state index contributed by atoms with van der Waals surface area (Å²) in [7, 11) is -3.82. The maximum atomic E-state index is 12.8. The molecule has 188 valence electrons. The lowest BCUT2D eigenvalue weighted by Crippen LogP contribution is -2.23. The first-order valence-electron chi connectivity index (χ1n) is 11.1. The number of anilines is 1. The van der Waals surface area contributed by atoms with Crippen molar-refractivity contribution in [1.29, 1.82) is 0 Å². The summed E-state index contributed by atoms with van der Waals surface area (Å²) in [5, 5.41) is 2.59. The second-order valence-corrected chi connectivity index (χ2v) is 9.56. The van der Waals surface area contributed by atoms with Crippen molar-refractivity contribution in [3.05, 3.63) is 120 Å². The Labute approximate surface area is 213 Å². The van der Waals surface area contributed by atoms with Crippen molar-refractivity contribution in [3.8, 4) is 0 Å². The summed E-state index contributed by atoms with van der Waals surface area (Å²) >= 11 is 0. The van der Waals surface area contributed by atoms with E-state index in [1.165, 1.54) is 30.5 Å². The number of carbonyl (C=O) groups excluding carboxylic acids is 3. The molecule has 4 aromatic rings. The Balaban J connectivity index is 1.33. The number of hydrogen-bond acceptors (Lipinski definition) is 7. The van der Waals surface area contributed by atoms with Gasteiger partial charge >= 0.3 is 5.97 Å². The van der Waals surface area contributed by atoms with E-state index in [0.29, 0.717) is 16.9 Å². The zero-order valence-electron chi connectivity index (χ0n) is 19.4. The van der Waals surface area contributed by atoms with Gasteiger partial charge in [-0.3, -0.25) is 9.59 Å². The molecule has 4 rings (SSSR count). The molecular formula is C27H22N2O7S. The van der Waals surface area contributed by atoms with Crippen LogP contribution in [0.4, 0.5) is 5.69 Å². The van der Waals surface area contributed by atoms with Gasteiger partial charge in [0, 0.05) is 11.1 Å². The van der Waals surface area contributed by atoms with Crippen LogP contribution in [0, 0.1) is 0 Å². The van der Waals surface area contributed by atoms with Crippen molar-refractivity contribution >= 4 is 33.4 Å². The van der Waals surface area contributed by atoms with E-state index < -0.39 is 28.5 Å². The average molecular weight is 519 g/mol. The lowest BCUT2D eigenvalue weighted by Gasteiger charge is -2.11. The molecule has 0 aliphatic heterocycles. The molecule has 0 aliphatic carbocycles. The van der Waals surface area contributed by atoms with Gasteiger partial charge in [-0.25, -0.2) is 17.9 Å². The Bertz CT molecular complexity index is 1500. The molecule has 10 heteroatoms. The van der Waals surface area contributed by atoms with Crippen LogP contribution in [0.15, 0.2) is 107 Å². The van der Waals surface area contributed by atoms with Crippen LogP contribution in [-0.4, -0.2) is 32.7 Å². The fourth-order valence-corrected chi connectivity index (χ4v) is 4.36. The molecule has 0 bridgehead atoms. The lowest BCUT2D eigenvalue weighted by atomic mass is 10.0. The van der Waals surface area contributed by atoms with E-state index in [9.17, 15) is 22.8 Å². The molecule has 0 saturated heterocycles. The van der Waals surface area contributed by atoms with Gasteiger partial charge in [-0.05, 0) is 48.5 Å². The van der Waals surface area contributed by atoms with Crippen molar-refractivity contribution in [2.45, 2.75) is 11.4 Å². The van der Waals surface area contributed by atoms with Crippen LogP contribution in [0.5, 0.6) is 0 Å². The van der Waals surface area contributed by atoms with Gasteiger partial charge in [-0.1, -0.05) is 42.5 Å². The molecule has 0 saturated carbocycles. The molecule has 2 N–H and O–H groups in total. The van der Waals surface area contributed by atoms with E-state index in [-0.39, 0.29) is 28.5 Å². The predicted molar refractivity (Wildman–Crippen MR) is 134 cm³/mol. The van der Waals surface area contributed by atoms with Crippen LogP contribution in [0.1, 0.15) is 32.0 Å². The number of benzene rings is 3. The summed E-state index contributed by atoms with van der Waals surface area (Å²) in [6.45, 7) is -0.619. The summed E-state index contributed by atoms with van der Waals surface area (Å²) in [4.78, 5) is 37.6. The summed E-state index contributed by atoms with van der Waals surface area (Å²) in [6, 6.07) is 23.5. The fraction of sp³-hybridized carbons (Fsp3) is 0.0741. The van der Waals surface area contributed by atoms with Gasteiger partial charge in [-0.2, -0.15) is 0 Å². The molecule has 0 atom stereocenters. The summed E-state index contributed by atoms with van der Waals surface area (Å²) < 4.78 is 37.4. The number of esters is 1. The number of ketones is 1. The summed E-state index contributed by atoms with van der Waals surface area (Å²) in [6.07, 6.45) is 1.44. The van der Waals surface area contributed by atoms with Crippen molar-refractivity contribution in [1.82, 2.24) is 4.72 Å². The first-order valence-corrected chi connectivity index (χ1v) is 12.6. The van der Waals surface area contributed by atoms with Gasteiger partial charge < -0.3 is 14.5 Å². The fourth-order valence-electron chi connectivity index (χ4n) is 3.37. The van der Waals surface area contributed by atoms with Crippen LogP contribution >= 0.6 is 0 Å². The Hall–Kier alpha value is -4.54. The molecule has 0 spiro atoms. The summed E-state index contributed by atoms with van der Waals surface area (Å²) in [5.74, 6) is -1.25. The highest BCUT2D eigenvalue weighted by atomic mass is 32.2. The monoisotopic (exact) mass is 518 g/mol. The minimum atomic E-state index is -3.82. The molecule has 1 aromatic heterocycles. The van der Waals surface area contributed by atoms with E-state index in [0.717, 1.165) is 0 Å². The number of amides is 1. The van der Waals surface area contributed by atoms with E-state index in [1.807, 2.05) is 0 Å². The molecular weight excluding hydrogens is 496 g/mol. The molecule has 3 aromatic carbocycles. The Kier molecular flexibility index (Phi) is 7.92. The first-order chi connectivity index (χ1) is 17.8. The third-order valence-electron chi connectivity index (χ3n) is 5.23. The number of ether oxygens (including phenoxy) is 1. The molecule has 0 radical (unpaired) electrons. The van der Waals surface area contributed by atoms with Crippen molar-refractivity contribution < 1.29 is 32.0 Å². The van der Waals surface area contributed by atoms with Gasteiger partial charge in [0.2, 0.25) is 10.0 Å². The van der Waals surface area contributed by atoms with Crippen LogP contribution < -0.4 is 10.0 Å². The number of furan rings is 1. The predicted octanol–water partition coefficient (Wildman–Crippen LogP) is 3.78. The van der Waals surface area contributed by atoms with Crippen molar-refractivity contribution in [2.75, 3.05) is 11.9 Å². The molecule has 1 heterocycles. The van der Waals surface area contributed by atoms with Gasteiger partial charge in [0.05, 0.1) is 29.0 Å². The van der Waals surface area contributed by atoms with Gasteiger partial charge in [0.1, 0.15) is 5.76 Å². The smallest absolute Gasteiger partial charge is 0.338 e. The molecule has 1 amide bonds. The summed E-state index contributed by atoms with van der Waals surface area (Å²) in [5.41, 5.74) is 1.12. The minimum absolute atomic E-state index is 0.0195. The quantitative estimate of drug-likeness (QED) is 0.241. The average Bonchev–Trinajstić information content (AvgIpc) is 3.45. The van der Waals surface area contributed by atoms with Gasteiger partial charge in [-0.15, -0.1) is 0 Å². The Morgan fingerprint density at radius 1 is 0.784 bits per heavy atom. The molecule has 37 heavy (non-hydrogen) atoms. The van der Waals surface area contributed by atoms with Crippen molar-refractivity contribution in [3.63, 3.8) is 0 Å². The first kappa shape index (κ1) is 25.5. The number of para-hydroxylation sites is 1. The number of nitrogens with one attached hydrogen (secondary N) is 2. The topological polar surface area (TPSA) is 132 Å². The highest BCUT2D eigenvalue weighted by molar-refractivity contribution is 7.89. The Morgan fingerprint density at radius 2 is 1.49 bits per heavy atom. The number of hydrogen-bond donors (Lipinski definition) is 2. The van der Waals surface area contributed by atoms with Crippen LogP contribution in [-0.2, 0) is 26.1 Å². The molecule has 0 fully saturated rings.